The minimum Gasteiger partial charge on any atom is -0.461 e. The summed E-state index contributed by atoms with van der Waals surface area (Å²) in [5.74, 6) is -1.11. The van der Waals surface area contributed by atoms with Crippen LogP contribution in [-0.4, -0.2) is 35.1 Å². The van der Waals surface area contributed by atoms with Gasteiger partial charge in [0.2, 0.25) is 0 Å². The molecule has 0 spiro atoms. The number of nitrogens with zero attached hydrogens (tertiary/aromatic N) is 2. The van der Waals surface area contributed by atoms with Gasteiger partial charge >= 0.3 is 11.9 Å². The molecule has 0 fully saturated rings. The van der Waals surface area contributed by atoms with Gasteiger partial charge in [0, 0.05) is 34.6 Å². The van der Waals surface area contributed by atoms with Crippen molar-refractivity contribution in [3.05, 3.63) is 46.0 Å². The molecule has 0 aliphatic carbocycles. The minimum atomic E-state index is -0.557. The summed E-state index contributed by atoms with van der Waals surface area (Å²) in [5, 5.41) is 0. The summed E-state index contributed by atoms with van der Waals surface area (Å²) in [4.78, 5) is 34.0. The predicted molar refractivity (Wildman–Crippen MR) is 96.4 cm³/mol. The molecule has 146 valence electrons. The van der Waals surface area contributed by atoms with E-state index in [1.165, 1.54) is 0 Å². The molecule has 4 rings (SSSR count). The van der Waals surface area contributed by atoms with Crippen LogP contribution in [-0.2, 0) is 45.4 Å². The molecule has 2 aliphatic rings. The van der Waals surface area contributed by atoms with Crippen LogP contribution in [0.2, 0.25) is 0 Å². The lowest BCUT2D eigenvalue weighted by Crippen LogP contribution is -2.16. The van der Waals surface area contributed by atoms with E-state index in [1.807, 2.05) is 0 Å². The molecule has 28 heavy (non-hydrogen) atoms. The molecule has 0 N–H and O–H groups in total. The van der Waals surface area contributed by atoms with Gasteiger partial charge < -0.3 is 18.9 Å². The second kappa shape index (κ2) is 7.65. The Morgan fingerprint density at radius 2 is 1.25 bits per heavy atom. The van der Waals surface area contributed by atoms with Crippen molar-refractivity contribution in [3.63, 3.8) is 0 Å². The second-order valence-electron chi connectivity index (χ2n) is 6.40. The first kappa shape index (κ1) is 18.5. The standard InChI is InChI=1S/C20H20N2O6/c1-3-27-19(23)17-15(13-9-25-7-11(13)5-21-17)16-14-10-26-8-12(14)6-22-18(16)20(24)28-4-2/h5-6H,3-4,7-10H2,1-2H3. The largest absolute Gasteiger partial charge is 0.461 e. The minimum absolute atomic E-state index is 0.138. The highest BCUT2D eigenvalue weighted by molar-refractivity contribution is 6.03. The average molecular weight is 384 g/mol. The number of rotatable bonds is 5. The van der Waals surface area contributed by atoms with Crippen LogP contribution >= 0.6 is 0 Å². The first-order chi connectivity index (χ1) is 13.7. The zero-order chi connectivity index (χ0) is 19.7. The number of pyridine rings is 2. The number of aromatic nitrogens is 2. The van der Waals surface area contributed by atoms with E-state index in [-0.39, 0.29) is 24.6 Å². The monoisotopic (exact) mass is 384 g/mol. The number of carbonyl (C=O) groups excluding carboxylic acids is 2. The van der Waals surface area contributed by atoms with E-state index in [0.717, 1.165) is 22.3 Å². The fourth-order valence-electron chi connectivity index (χ4n) is 3.53. The zero-order valence-electron chi connectivity index (χ0n) is 15.7. The van der Waals surface area contributed by atoms with Crippen LogP contribution in [0, 0.1) is 0 Å². The van der Waals surface area contributed by atoms with Crippen molar-refractivity contribution >= 4 is 11.9 Å². The van der Waals surface area contributed by atoms with Gasteiger partial charge in [-0.25, -0.2) is 19.6 Å². The maximum absolute atomic E-state index is 12.7. The van der Waals surface area contributed by atoms with Crippen LogP contribution in [0.15, 0.2) is 12.4 Å². The van der Waals surface area contributed by atoms with Crippen molar-refractivity contribution in [1.82, 2.24) is 9.97 Å². The summed E-state index contributed by atoms with van der Waals surface area (Å²) in [5.41, 5.74) is 4.68. The third kappa shape index (κ3) is 3.04. The molecule has 0 radical (unpaired) electrons. The van der Waals surface area contributed by atoms with E-state index >= 15 is 0 Å². The highest BCUT2D eigenvalue weighted by atomic mass is 16.5. The Hall–Kier alpha value is -2.84. The van der Waals surface area contributed by atoms with Crippen molar-refractivity contribution in [2.24, 2.45) is 0 Å². The number of fused-ring (bicyclic) bond motifs is 2. The smallest absolute Gasteiger partial charge is 0.357 e. The van der Waals surface area contributed by atoms with Crippen molar-refractivity contribution < 1.29 is 28.5 Å². The fourth-order valence-corrected chi connectivity index (χ4v) is 3.53. The number of esters is 2. The van der Waals surface area contributed by atoms with Gasteiger partial charge in [-0.3, -0.25) is 0 Å². The molecule has 8 nitrogen and oxygen atoms in total. The summed E-state index contributed by atoms with van der Waals surface area (Å²) < 4.78 is 21.6. The van der Waals surface area contributed by atoms with E-state index in [1.54, 1.807) is 26.2 Å². The number of carbonyl (C=O) groups is 2. The van der Waals surface area contributed by atoms with E-state index in [0.29, 0.717) is 37.6 Å². The van der Waals surface area contributed by atoms with Crippen LogP contribution in [0.3, 0.4) is 0 Å². The number of ether oxygens (including phenoxy) is 4. The Bertz CT molecular complexity index is 879. The Balaban J connectivity index is 2.01. The Morgan fingerprint density at radius 1 is 0.821 bits per heavy atom. The predicted octanol–water partition coefficient (Wildman–Crippen LogP) is 2.56. The molecule has 0 unspecified atom stereocenters. The maximum atomic E-state index is 12.7. The molecule has 2 aliphatic heterocycles. The summed E-state index contributed by atoms with van der Waals surface area (Å²) in [6.07, 6.45) is 3.24. The molecule has 0 amide bonds. The van der Waals surface area contributed by atoms with E-state index in [9.17, 15) is 9.59 Å². The molecular weight excluding hydrogens is 364 g/mol. The average Bonchev–Trinajstić information content (AvgIpc) is 3.35. The van der Waals surface area contributed by atoms with Crippen LogP contribution in [0.5, 0.6) is 0 Å². The van der Waals surface area contributed by atoms with Crippen molar-refractivity contribution in [3.8, 4) is 11.1 Å². The Labute approximate surface area is 161 Å². The lowest BCUT2D eigenvalue weighted by Gasteiger charge is -2.17. The van der Waals surface area contributed by atoms with Crippen LogP contribution < -0.4 is 0 Å². The highest BCUT2D eigenvalue weighted by Crippen LogP contribution is 2.40. The lowest BCUT2D eigenvalue weighted by atomic mass is 9.90. The van der Waals surface area contributed by atoms with Gasteiger partial charge in [0.15, 0.2) is 11.4 Å². The van der Waals surface area contributed by atoms with Gasteiger partial charge in [-0.2, -0.15) is 0 Å². The Kier molecular flexibility index (Phi) is 5.06. The highest BCUT2D eigenvalue weighted by Gasteiger charge is 2.32. The van der Waals surface area contributed by atoms with E-state index in [4.69, 9.17) is 18.9 Å². The number of hydrogen-bond donors (Lipinski definition) is 0. The van der Waals surface area contributed by atoms with Gasteiger partial charge in [-0.1, -0.05) is 0 Å². The molecule has 8 heteroatoms. The summed E-state index contributed by atoms with van der Waals surface area (Å²) >= 11 is 0. The van der Waals surface area contributed by atoms with Gasteiger partial charge in [0.1, 0.15) is 0 Å². The Morgan fingerprint density at radius 3 is 1.64 bits per heavy atom. The zero-order valence-corrected chi connectivity index (χ0v) is 15.7. The second-order valence-corrected chi connectivity index (χ2v) is 6.40. The topological polar surface area (TPSA) is 96.8 Å². The third-order valence-corrected chi connectivity index (χ3v) is 4.75. The van der Waals surface area contributed by atoms with E-state index < -0.39 is 11.9 Å². The molecule has 0 aromatic carbocycles. The van der Waals surface area contributed by atoms with E-state index in [2.05, 4.69) is 9.97 Å². The molecule has 0 saturated carbocycles. The van der Waals surface area contributed by atoms with Gasteiger partial charge in [0.05, 0.1) is 39.6 Å². The molecule has 2 aromatic rings. The van der Waals surface area contributed by atoms with Gasteiger partial charge in [-0.05, 0) is 25.0 Å². The molecule has 4 heterocycles. The molecular formula is C20H20N2O6. The van der Waals surface area contributed by atoms with Crippen molar-refractivity contribution in [1.29, 1.82) is 0 Å². The summed E-state index contributed by atoms with van der Waals surface area (Å²) in [6.45, 7) is 5.30. The first-order valence-electron chi connectivity index (χ1n) is 9.17. The summed E-state index contributed by atoms with van der Waals surface area (Å²) in [6, 6.07) is 0. The van der Waals surface area contributed by atoms with Gasteiger partial charge in [0.25, 0.3) is 0 Å². The number of hydrogen-bond acceptors (Lipinski definition) is 8. The molecule has 0 bridgehead atoms. The van der Waals surface area contributed by atoms with Crippen LogP contribution in [0.1, 0.15) is 57.1 Å². The third-order valence-electron chi connectivity index (χ3n) is 4.75. The first-order valence-corrected chi connectivity index (χ1v) is 9.17. The molecule has 2 aromatic heterocycles. The van der Waals surface area contributed by atoms with Crippen molar-refractivity contribution in [2.45, 2.75) is 40.3 Å². The quantitative estimate of drug-likeness (QED) is 0.726. The van der Waals surface area contributed by atoms with Gasteiger partial charge in [-0.15, -0.1) is 0 Å². The normalized spacial score (nSPS) is 14.5. The fraction of sp³-hybridized carbons (Fsp3) is 0.400. The SMILES string of the molecule is CCOC(=O)c1ncc2c(c1-c1c(C(=O)OCC)ncc3c1COC3)COC2. The molecule has 0 saturated heterocycles. The van der Waals surface area contributed by atoms with Crippen LogP contribution in [0.25, 0.3) is 11.1 Å². The molecule has 0 atom stereocenters. The van der Waals surface area contributed by atoms with Crippen molar-refractivity contribution in [2.75, 3.05) is 13.2 Å². The lowest BCUT2D eigenvalue weighted by molar-refractivity contribution is 0.0507. The van der Waals surface area contributed by atoms with Crippen LogP contribution in [0.4, 0.5) is 0 Å². The summed E-state index contributed by atoms with van der Waals surface area (Å²) in [7, 11) is 0. The maximum Gasteiger partial charge on any atom is 0.357 e.